The largest absolute Gasteiger partial charge is 0.493 e. The smallest absolute Gasteiger partial charge is 0.407 e. The maximum absolute atomic E-state index is 13.5. The number of hydrogen-bond acceptors (Lipinski definition) is 11. The van der Waals surface area contributed by atoms with E-state index in [4.69, 9.17) is 33.2 Å². The second-order valence-electron chi connectivity index (χ2n) is 10.6. The third-order valence-corrected chi connectivity index (χ3v) is 8.19. The molecule has 4 atom stereocenters. The number of ether oxygens (including phenoxy) is 7. The second-order valence-corrected chi connectivity index (χ2v) is 10.6. The Kier molecular flexibility index (Phi) is 7.87. The van der Waals surface area contributed by atoms with Crippen LogP contribution in [0.2, 0.25) is 0 Å². The zero-order valence-electron chi connectivity index (χ0n) is 24.5. The van der Waals surface area contributed by atoms with E-state index in [0.717, 1.165) is 29.5 Å². The Balaban J connectivity index is 1.41. The molecule has 1 aliphatic carbocycles. The van der Waals surface area contributed by atoms with Gasteiger partial charge >= 0.3 is 12.1 Å². The monoisotopic (exact) mass is 594 g/mol. The number of methoxy groups -OCH3 is 3. The average Bonchev–Trinajstić information content (AvgIpc) is 3.77. The summed E-state index contributed by atoms with van der Waals surface area (Å²) in [4.78, 5) is 25.5. The van der Waals surface area contributed by atoms with E-state index < -0.39 is 24.0 Å². The molecule has 1 saturated heterocycles. The van der Waals surface area contributed by atoms with E-state index in [9.17, 15) is 9.59 Å². The maximum Gasteiger partial charge on any atom is 0.407 e. The van der Waals surface area contributed by atoms with E-state index in [-0.39, 0.29) is 31.9 Å². The van der Waals surface area contributed by atoms with Crippen molar-refractivity contribution in [3.05, 3.63) is 52.8 Å². The molecule has 13 heteroatoms. The van der Waals surface area contributed by atoms with Crippen LogP contribution in [0.3, 0.4) is 0 Å². The highest BCUT2D eigenvalue weighted by Crippen LogP contribution is 2.56. The van der Waals surface area contributed by atoms with Gasteiger partial charge in [0, 0.05) is 18.4 Å². The number of nitrogens with one attached hydrogen (secondary N) is 1. The van der Waals surface area contributed by atoms with Crippen molar-refractivity contribution in [2.24, 2.45) is 11.8 Å². The summed E-state index contributed by atoms with van der Waals surface area (Å²) in [5.74, 6) is 0.997. The highest BCUT2D eigenvalue weighted by molar-refractivity contribution is 5.79. The number of unbranched alkanes of at least 4 members (excludes halogenated alkanes) is 1. The number of cyclic esters (lactones) is 1. The molecular weight excluding hydrogens is 560 g/mol. The van der Waals surface area contributed by atoms with Crippen LogP contribution >= 0.6 is 0 Å². The molecule has 6 rings (SSSR count). The summed E-state index contributed by atoms with van der Waals surface area (Å²) in [5, 5.41) is 11.4. The lowest BCUT2D eigenvalue weighted by Crippen LogP contribution is -2.37. The van der Waals surface area contributed by atoms with E-state index >= 15 is 0 Å². The molecule has 1 fully saturated rings. The van der Waals surface area contributed by atoms with Crippen molar-refractivity contribution < 1.29 is 42.7 Å². The van der Waals surface area contributed by atoms with Crippen LogP contribution < -0.4 is 29.0 Å². The molecular formula is C30H34N4O9. The number of carbonyl (C=O) groups excluding carboxylic acids is 2. The molecule has 0 spiro atoms. The molecule has 0 bridgehead atoms. The summed E-state index contributed by atoms with van der Waals surface area (Å²) >= 11 is 0. The number of esters is 1. The Labute approximate surface area is 248 Å². The predicted octanol–water partition coefficient (Wildman–Crippen LogP) is 3.58. The van der Waals surface area contributed by atoms with Gasteiger partial charge in [-0.3, -0.25) is 4.79 Å². The summed E-state index contributed by atoms with van der Waals surface area (Å²) in [6.45, 7) is 2.83. The average molecular weight is 595 g/mol. The summed E-state index contributed by atoms with van der Waals surface area (Å²) in [7, 11) is 4.65. The quantitative estimate of drug-likeness (QED) is 0.272. The molecule has 43 heavy (non-hydrogen) atoms. The molecule has 2 aromatic carbocycles. The van der Waals surface area contributed by atoms with Gasteiger partial charge in [-0.15, -0.1) is 5.10 Å². The summed E-state index contributed by atoms with van der Waals surface area (Å²) < 4.78 is 41.1. The van der Waals surface area contributed by atoms with Crippen LogP contribution in [0.15, 0.2) is 30.5 Å². The second kappa shape index (κ2) is 11.9. The molecule has 3 aromatic rings. The number of rotatable bonds is 10. The minimum Gasteiger partial charge on any atom is -0.493 e. The van der Waals surface area contributed by atoms with E-state index in [2.05, 4.69) is 15.6 Å². The molecule has 13 nitrogen and oxygen atoms in total. The number of nitrogens with zero attached hydrogens (tertiary/aromatic N) is 3. The fraction of sp³-hybridized carbons (Fsp3) is 0.467. The van der Waals surface area contributed by atoms with Crippen molar-refractivity contribution in [3.63, 3.8) is 0 Å². The predicted molar refractivity (Wildman–Crippen MR) is 150 cm³/mol. The molecule has 3 heterocycles. The molecule has 1 amide bonds. The first-order valence-electron chi connectivity index (χ1n) is 14.2. The number of alkyl carbamates (subject to hydrolysis) is 1. The van der Waals surface area contributed by atoms with Crippen LogP contribution in [-0.4, -0.2) is 68.3 Å². The molecule has 1 N–H and O–H groups in total. The fourth-order valence-corrected chi connectivity index (χ4v) is 6.23. The van der Waals surface area contributed by atoms with Crippen molar-refractivity contribution in [1.82, 2.24) is 20.3 Å². The van der Waals surface area contributed by atoms with Gasteiger partial charge in [0.05, 0.1) is 46.1 Å². The Morgan fingerprint density at radius 1 is 1.02 bits per heavy atom. The standard InChI is InChI=1S/C30H34N4O9/c1-5-6-7-31-30(36)41-13-17-12-34(33-32-17)27-19-11-22-21(42-15-43-22)10-18(19)25(26-20(27)14-40-29(26)35)16-8-23(37-2)28(39-4)24(9-16)38-3/h8-12,20,25-27H,5-7,13-15H2,1-4H3,(H,31,36)/t20-,25+,26-,27+/m0/s1. The number of carbonyl (C=O) groups is 2. The number of benzene rings is 2. The normalized spacial score (nSPS) is 21.4. The van der Waals surface area contributed by atoms with Gasteiger partial charge in [-0.05, 0) is 47.4 Å². The van der Waals surface area contributed by atoms with Crippen LogP contribution in [0.1, 0.15) is 54.1 Å². The van der Waals surface area contributed by atoms with Gasteiger partial charge in [0.15, 0.2) is 23.0 Å². The summed E-state index contributed by atoms with van der Waals surface area (Å²) in [6.07, 6.45) is 3.05. The van der Waals surface area contributed by atoms with Gasteiger partial charge in [-0.2, -0.15) is 0 Å². The molecule has 3 aliphatic rings. The van der Waals surface area contributed by atoms with Crippen LogP contribution in [0.4, 0.5) is 4.79 Å². The Morgan fingerprint density at radius 2 is 1.74 bits per heavy atom. The van der Waals surface area contributed by atoms with E-state index in [0.29, 0.717) is 41.0 Å². The van der Waals surface area contributed by atoms with Gasteiger partial charge < -0.3 is 38.5 Å². The first kappa shape index (κ1) is 28.4. The van der Waals surface area contributed by atoms with Crippen LogP contribution in [0.5, 0.6) is 28.7 Å². The molecule has 0 saturated carbocycles. The van der Waals surface area contributed by atoms with E-state index in [1.54, 1.807) is 32.2 Å². The topological polar surface area (TPSA) is 141 Å². The third-order valence-electron chi connectivity index (χ3n) is 8.19. The van der Waals surface area contributed by atoms with Crippen molar-refractivity contribution in [3.8, 4) is 28.7 Å². The first-order valence-corrected chi connectivity index (χ1v) is 14.2. The number of hydrogen-bond donors (Lipinski definition) is 1. The van der Waals surface area contributed by atoms with Crippen LogP contribution in [-0.2, 0) is 20.9 Å². The lowest BCUT2D eigenvalue weighted by Gasteiger charge is -2.39. The van der Waals surface area contributed by atoms with Crippen LogP contribution in [0, 0.1) is 11.8 Å². The molecule has 0 unspecified atom stereocenters. The number of fused-ring (bicyclic) bond motifs is 3. The van der Waals surface area contributed by atoms with Gasteiger partial charge in [0.2, 0.25) is 12.5 Å². The third kappa shape index (κ3) is 5.12. The van der Waals surface area contributed by atoms with Gasteiger partial charge in [0.1, 0.15) is 12.3 Å². The van der Waals surface area contributed by atoms with Gasteiger partial charge in [-0.25, -0.2) is 9.48 Å². The van der Waals surface area contributed by atoms with E-state index in [1.165, 1.54) is 0 Å². The highest BCUT2D eigenvalue weighted by Gasteiger charge is 2.53. The zero-order chi connectivity index (χ0) is 30.1. The van der Waals surface area contributed by atoms with Crippen LogP contribution in [0.25, 0.3) is 0 Å². The van der Waals surface area contributed by atoms with Crippen molar-refractivity contribution in [2.75, 3.05) is 41.3 Å². The molecule has 228 valence electrons. The molecule has 1 aromatic heterocycles. The summed E-state index contributed by atoms with van der Waals surface area (Å²) in [5.41, 5.74) is 3.01. The maximum atomic E-state index is 13.5. The Bertz CT molecular complexity index is 1500. The Morgan fingerprint density at radius 3 is 2.42 bits per heavy atom. The van der Waals surface area contributed by atoms with Crippen molar-refractivity contribution in [1.29, 1.82) is 0 Å². The first-order chi connectivity index (χ1) is 21.0. The van der Waals surface area contributed by atoms with Gasteiger partial charge in [0.25, 0.3) is 0 Å². The minimum atomic E-state index is -0.561. The number of aromatic nitrogens is 3. The minimum absolute atomic E-state index is 0.0454. The van der Waals surface area contributed by atoms with E-state index in [1.807, 2.05) is 31.2 Å². The fourth-order valence-electron chi connectivity index (χ4n) is 6.23. The van der Waals surface area contributed by atoms with Crippen molar-refractivity contribution >= 4 is 12.1 Å². The lowest BCUT2D eigenvalue weighted by atomic mass is 9.65. The Hall–Kier alpha value is -4.68. The van der Waals surface area contributed by atoms with Crippen molar-refractivity contribution in [2.45, 2.75) is 38.3 Å². The van der Waals surface area contributed by atoms with Gasteiger partial charge in [-0.1, -0.05) is 18.6 Å². The summed E-state index contributed by atoms with van der Waals surface area (Å²) in [6, 6.07) is 7.16. The highest BCUT2D eigenvalue weighted by atomic mass is 16.7. The molecule has 2 aliphatic heterocycles. The number of amides is 1. The zero-order valence-corrected chi connectivity index (χ0v) is 24.5. The lowest BCUT2D eigenvalue weighted by molar-refractivity contribution is -0.141. The molecule has 0 radical (unpaired) electrons. The SMILES string of the molecule is CCCCNC(=O)OCc1cn([C@@H]2c3cc4c(cc3[C@@H](c3cc(OC)c(OC)c(OC)c3)[C@H]3C(=O)OC[C@@H]32)OCO4)nn1.